The van der Waals surface area contributed by atoms with E-state index in [0.717, 1.165) is 45.4 Å². The summed E-state index contributed by atoms with van der Waals surface area (Å²) >= 11 is 0. The number of amides is 1. The number of rotatable bonds is 10. The lowest BCUT2D eigenvalue weighted by molar-refractivity contribution is -0.134. The Morgan fingerprint density at radius 2 is 1.88 bits per heavy atom. The molecule has 0 bridgehead atoms. The monoisotopic (exact) mass is 577 g/mol. The number of hydrazine groups is 1. The van der Waals surface area contributed by atoms with Crippen molar-refractivity contribution in [2.24, 2.45) is 10.7 Å². The number of hydrogen-bond acceptors (Lipinski definition) is 9. The van der Waals surface area contributed by atoms with E-state index >= 15 is 0 Å². The molecule has 0 spiro atoms. The molecule has 1 aliphatic heterocycles. The second-order valence-corrected chi connectivity index (χ2v) is 10.0. The number of hydrogen-bond donors (Lipinski definition) is 4. The van der Waals surface area contributed by atoms with Crippen LogP contribution in [0.2, 0.25) is 0 Å². The largest absolute Gasteiger partial charge is 0.493 e. The van der Waals surface area contributed by atoms with Gasteiger partial charge < -0.3 is 20.5 Å². The van der Waals surface area contributed by atoms with Gasteiger partial charge in [-0.05, 0) is 62.9 Å². The van der Waals surface area contributed by atoms with Gasteiger partial charge in [0, 0.05) is 44.5 Å². The molecule has 0 saturated heterocycles. The molecule has 0 fully saturated rings. The summed E-state index contributed by atoms with van der Waals surface area (Å²) in [5.41, 5.74) is 14.5. The number of benzene rings is 2. The zero-order valence-electron chi connectivity index (χ0n) is 24.9. The summed E-state index contributed by atoms with van der Waals surface area (Å²) in [6.45, 7) is 9.14. The Morgan fingerprint density at radius 1 is 1.17 bits per heavy atom. The summed E-state index contributed by atoms with van der Waals surface area (Å²) in [5, 5.41) is 13.1. The second kappa shape index (κ2) is 13.0. The molecule has 42 heavy (non-hydrogen) atoms. The number of fused-ring (bicyclic) bond motifs is 3. The summed E-state index contributed by atoms with van der Waals surface area (Å²) in [6, 6.07) is 9.90. The molecule has 1 amide bonds. The van der Waals surface area contributed by atoms with Crippen LogP contribution in [-0.2, 0) is 24.3 Å². The number of carbonyl (C=O) groups excluding carboxylic acids is 1. The summed E-state index contributed by atoms with van der Waals surface area (Å²) in [6.07, 6.45) is 1.62. The minimum atomic E-state index is -0.608. The van der Waals surface area contributed by atoms with E-state index in [1.54, 1.807) is 16.2 Å². The molecule has 12 nitrogen and oxygen atoms in total. The maximum Gasteiger partial charge on any atom is 0.330 e. The molecule has 224 valence electrons. The molecule has 1 aliphatic rings. The van der Waals surface area contributed by atoms with Crippen molar-refractivity contribution in [2.75, 3.05) is 27.3 Å². The van der Waals surface area contributed by atoms with Crippen molar-refractivity contribution in [3.8, 4) is 22.8 Å². The predicted molar refractivity (Wildman–Crippen MR) is 159 cm³/mol. The Balaban J connectivity index is 1.85. The molecule has 2 heterocycles. The second-order valence-electron chi connectivity index (χ2n) is 10.0. The van der Waals surface area contributed by atoms with Crippen LogP contribution in [0.15, 0.2) is 52.0 Å². The minimum absolute atomic E-state index is 0.0868. The van der Waals surface area contributed by atoms with Gasteiger partial charge in [0.1, 0.15) is 5.49 Å². The van der Waals surface area contributed by atoms with Gasteiger partial charge in [-0.15, -0.1) is 0 Å². The van der Waals surface area contributed by atoms with Crippen LogP contribution in [-0.4, -0.2) is 52.7 Å². The van der Waals surface area contributed by atoms with Gasteiger partial charge >= 0.3 is 5.69 Å². The maximum atomic E-state index is 14.0. The topological polar surface area (TPSA) is 148 Å². The average Bonchev–Trinajstić information content (AvgIpc) is 2.96. The lowest BCUT2D eigenvalue weighted by atomic mass is 9.97. The van der Waals surface area contributed by atoms with Crippen LogP contribution in [0.1, 0.15) is 29.2 Å². The van der Waals surface area contributed by atoms with Gasteiger partial charge in [0.15, 0.2) is 17.2 Å². The van der Waals surface area contributed by atoms with E-state index < -0.39 is 5.91 Å². The van der Waals surface area contributed by atoms with Crippen molar-refractivity contribution >= 4 is 11.6 Å². The van der Waals surface area contributed by atoms with Crippen molar-refractivity contribution in [1.29, 1.82) is 0 Å². The van der Waals surface area contributed by atoms with E-state index in [9.17, 15) is 14.8 Å². The highest BCUT2D eigenvalue weighted by Gasteiger charge is 2.23. The number of nitrogens with one attached hydrogen (secondary N) is 2. The number of ether oxygens (including phenoxy) is 2. The third kappa shape index (κ3) is 6.04. The van der Waals surface area contributed by atoms with E-state index in [2.05, 4.69) is 22.9 Å². The lowest BCUT2D eigenvalue weighted by Gasteiger charge is -2.25. The Bertz CT molecular complexity index is 1630. The van der Waals surface area contributed by atoms with E-state index in [1.165, 1.54) is 7.05 Å². The SMILES string of the molecule is CCOc1cc2c(cc1OC)-c1cc(=Nc3c(C)cc(C)cc3C)n(CCNC(=O)/C(=C/N)N(O)NC)c(=O)n1CC2. The highest BCUT2D eigenvalue weighted by atomic mass is 16.5. The van der Waals surface area contributed by atoms with Gasteiger partial charge in [0.25, 0.3) is 5.91 Å². The Labute approximate surface area is 244 Å². The summed E-state index contributed by atoms with van der Waals surface area (Å²) in [7, 11) is 3.03. The molecule has 3 aromatic rings. The van der Waals surface area contributed by atoms with Gasteiger partial charge in [0.2, 0.25) is 0 Å². The number of hydroxylamine groups is 1. The highest BCUT2D eigenvalue weighted by Crippen LogP contribution is 2.37. The smallest absolute Gasteiger partial charge is 0.330 e. The van der Waals surface area contributed by atoms with Crippen molar-refractivity contribution in [1.82, 2.24) is 25.0 Å². The third-order valence-corrected chi connectivity index (χ3v) is 7.18. The number of aromatic nitrogens is 2. The molecular weight excluding hydrogens is 538 g/mol. The van der Waals surface area contributed by atoms with Crippen molar-refractivity contribution < 1.29 is 19.5 Å². The Kier molecular flexibility index (Phi) is 9.38. The molecule has 1 aromatic heterocycles. The van der Waals surface area contributed by atoms with Gasteiger partial charge in [-0.2, -0.15) is 5.17 Å². The van der Waals surface area contributed by atoms with Crippen LogP contribution >= 0.6 is 0 Å². The normalized spacial score (nSPS) is 12.9. The van der Waals surface area contributed by atoms with E-state index in [1.807, 2.05) is 45.9 Å². The maximum absolute atomic E-state index is 14.0. The fourth-order valence-electron chi connectivity index (χ4n) is 5.27. The first-order valence-corrected chi connectivity index (χ1v) is 13.8. The third-order valence-electron chi connectivity index (χ3n) is 7.18. The number of aryl methyl sites for hydroxylation is 4. The van der Waals surface area contributed by atoms with Gasteiger partial charge in [-0.3, -0.25) is 19.1 Å². The van der Waals surface area contributed by atoms with Gasteiger partial charge in [0.05, 0.1) is 25.1 Å². The Morgan fingerprint density at radius 3 is 2.50 bits per heavy atom. The van der Waals surface area contributed by atoms with E-state index in [-0.39, 0.29) is 24.5 Å². The van der Waals surface area contributed by atoms with Crippen molar-refractivity contribution in [3.05, 3.63) is 80.5 Å². The molecule has 0 saturated carbocycles. The van der Waals surface area contributed by atoms with Crippen molar-refractivity contribution in [2.45, 2.75) is 47.2 Å². The number of nitrogens with zero attached hydrogens (tertiary/aromatic N) is 4. The van der Waals surface area contributed by atoms with Gasteiger partial charge in [-0.1, -0.05) is 17.7 Å². The van der Waals surface area contributed by atoms with E-state index in [4.69, 9.17) is 20.2 Å². The fourth-order valence-corrected chi connectivity index (χ4v) is 5.27. The zero-order valence-corrected chi connectivity index (χ0v) is 24.9. The van der Waals surface area contributed by atoms with Gasteiger partial charge in [-0.25, -0.2) is 15.2 Å². The number of nitrogens with two attached hydrogens (primary N) is 1. The van der Waals surface area contributed by atoms with E-state index in [0.29, 0.717) is 41.7 Å². The minimum Gasteiger partial charge on any atom is -0.493 e. The molecule has 2 aromatic carbocycles. The standard InChI is InChI=1S/C30H39N7O5/c1-7-42-26-14-21-8-10-35-23(22(21)15-25(26)41-6)16-27(34-28-19(3)12-18(2)13-20(28)4)36(30(35)39)11-9-33-29(38)24(17-31)37(40)32-5/h12-17,32,40H,7-11,31H2,1-6H3,(H,33,38)/b24-17-,34-27?. The van der Waals surface area contributed by atoms with Crippen LogP contribution in [0.3, 0.4) is 0 Å². The highest BCUT2D eigenvalue weighted by molar-refractivity contribution is 5.92. The molecular formula is C30H39N7O5. The summed E-state index contributed by atoms with van der Waals surface area (Å²) < 4.78 is 14.7. The van der Waals surface area contributed by atoms with Crippen LogP contribution in [0.5, 0.6) is 11.5 Å². The molecule has 0 unspecified atom stereocenters. The zero-order chi connectivity index (χ0) is 30.6. The molecule has 5 N–H and O–H groups in total. The molecule has 0 aliphatic carbocycles. The summed E-state index contributed by atoms with van der Waals surface area (Å²) in [4.78, 5) is 31.6. The number of carbonyl (C=O) groups is 1. The van der Waals surface area contributed by atoms with Crippen LogP contribution in [0.25, 0.3) is 11.3 Å². The lowest BCUT2D eigenvalue weighted by Crippen LogP contribution is -2.45. The Hall–Kier alpha value is -4.55. The molecule has 0 atom stereocenters. The molecule has 0 radical (unpaired) electrons. The molecule has 12 heteroatoms. The average molecular weight is 578 g/mol. The number of methoxy groups -OCH3 is 1. The van der Waals surface area contributed by atoms with Crippen LogP contribution in [0, 0.1) is 20.8 Å². The fraction of sp³-hybridized carbons (Fsp3) is 0.367. The quantitative estimate of drug-likeness (QED) is 0.212. The van der Waals surface area contributed by atoms with Crippen molar-refractivity contribution in [3.63, 3.8) is 0 Å². The first-order chi connectivity index (χ1) is 20.1. The van der Waals surface area contributed by atoms with Crippen LogP contribution in [0.4, 0.5) is 5.69 Å². The van der Waals surface area contributed by atoms with Crippen LogP contribution < -0.4 is 37.1 Å². The summed E-state index contributed by atoms with van der Waals surface area (Å²) in [5.74, 6) is 0.642. The molecule has 4 rings (SSSR count). The predicted octanol–water partition coefficient (Wildman–Crippen LogP) is 2.18. The first-order valence-electron chi connectivity index (χ1n) is 13.8. The first kappa shape index (κ1) is 30.4.